The second kappa shape index (κ2) is 5.41. The molecule has 0 aromatic carbocycles. The van der Waals surface area contributed by atoms with E-state index in [1.54, 1.807) is 17.5 Å². The molecule has 0 spiro atoms. The summed E-state index contributed by atoms with van der Waals surface area (Å²) in [6.07, 6.45) is 1.77. The number of aromatic nitrogens is 2. The van der Waals surface area contributed by atoms with Crippen LogP contribution < -0.4 is 10.6 Å². The van der Waals surface area contributed by atoms with E-state index in [0.717, 1.165) is 22.9 Å². The highest BCUT2D eigenvalue weighted by Crippen LogP contribution is 2.16. The second-order valence-electron chi connectivity index (χ2n) is 3.98. The Labute approximate surface area is 115 Å². The van der Waals surface area contributed by atoms with Crippen molar-refractivity contribution in [3.05, 3.63) is 40.1 Å². The van der Waals surface area contributed by atoms with Gasteiger partial charge in [0.2, 0.25) is 0 Å². The third-order valence-corrected chi connectivity index (χ3v) is 3.54. The molecule has 2 rings (SSSR count). The van der Waals surface area contributed by atoms with Crippen LogP contribution in [0.3, 0.4) is 0 Å². The molecule has 0 saturated heterocycles. The number of rotatable bonds is 4. The summed E-state index contributed by atoms with van der Waals surface area (Å²) in [6.45, 7) is 2.77. The molecule has 0 unspecified atom stereocenters. The van der Waals surface area contributed by atoms with Crippen molar-refractivity contribution in [2.24, 2.45) is 5.73 Å². The quantitative estimate of drug-likeness (QED) is 0.868. The molecule has 6 heteroatoms. The van der Waals surface area contributed by atoms with Crippen LogP contribution in [0, 0.1) is 6.92 Å². The zero-order chi connectivity index (χ0) is 13.1. The minimum atomic E-state index is 0.319. The largest absolute Gasteiger partial charge is 0.388 e. The van der Waals surface area contributed by atoms with Crippen molar-refractivity contribution in [2.75, 3.05) is 11.9 Å². The molecule has 0 aliphatic rings. The lowest BCUT2D eigenvalue weighted by Crippen LogP contribution is -2.18. The maximum atomic E-state index is 5.51. The summed E-state index contributed by atoms with van der Waals surface area (Å²) in [4.78, 5) is 11.1. The van der Waals surface area contributed by atoms with E-state index in [9.17, 15) is 0 Å². The van der Waals surface area contributed by atoms with Gasteiger partial charge in [-0.3, -0.25) is 4.98 Å². The standard InChI is InChI=1S/C12H14N4S2/c1-8-15-9(7-18-8)6-16(2)10-3-4-11(12(13)17)14-5-10/h3-5,7H,6H2,1-2H3,(H2,13,17). The second-order valence-corrected chi connectivity index (χ2v) is 5.48. The van der Waals surface area contributed by atoms with Crippen LogP contribution in [-0.2, 0) is 6.54 Å². The average molecular weight is 278 g/mol. The molecule has 94 valence electrons. The first-order valence-corrected chi connectivity index (χ1v) is 6.73. The van der Waals surface area contributed by atoms with Gasteiger partial charge in [0, 0.05) is 12.4 Å². The Kier molecular flexibility index (Phi) is 3.88. The highest BCUT2D eigenvalue weighted by molar-refractivity contribution is 7.80. The van der Waals surface area contributed by atoms with Crippen LogP contribution in [0.4, 0.5) is 5.69 Å². The SMILES string of the molecule is Cc1nc(CN(C)c2ccc(C(N)=S)nc2)cs1. The van der Waals surface area contributed by atoms with Gasteiger partial charge in [-0.2, -0.15) is 0 Å². The first-order valence-electron chi connectivity index (χ1n) is 5.44. The first kappa shape index (κ1) is 12.9. The zero-order valence-corrected chi connectivity index (χ0v) is 11.9. The average Bonchev–Trinajstić information content (AvgIpc) is 2.75. The summed E-state index contributed by atoms with van der Waals surface area (Å²) < 4.78 is 0. The fourth-order valence-electron chi connectivity index (χ4n) is 1.57. The van der Waals surface area contributed by atoms with Gasteiger partial charge >= 0.3 is 0 Å². The number of nitrogens with two attached hydrogens (primary N) is 1. The molecule has 0 radical (unpaired) electrons. The van der Waals surface area contributed by atoms with E-state index in [2.05, 4.69) is 20.2 Å². The maximum Gasteiger partial charge on any atom is 0.122 e. The van der Waals surface area contributed by atoms with Crippen LogP contribution in [0.25, 0.3) is 0 Å². The summed E-state index contributed by atoms with van der Waals surface area (Å²) in [5.41, 5.74) is 8.24. The Bertz CT molecular complexity index is 547. The minimum absolute atomic E-state index is 0.319. The van der Waals surface area contributed by atoms with Gasteiger partial charge in [0.05, 0.1) is 34.8 Å². The molecule has 0 aliphatic carbocycles. The van der Waals surface area contributed by atoms with Gasteiger partial charge in [-0.25, -0.2) is 4.98 Å². The molecule has 0 atom stereocenters. The normalized spacial score (nSPS) is 10.3. The summed E-state index contributed by atoms with van der Waals surface area (Å²) in [6, 6.07) is 3.79. The molecular formula is C12H14N4S2. The molecule has 0 fully saturated rings. The van der Waals surface area contributed by atoms with Crippen LogP contribution in [0.15, 0.2) is 23.7 Å². The molecule has 18 heavy (non-hydrogen) atoms. The number of thiocarbonyl (C=S) groups is 1. The van der Waals surface area contributed by atoms with Gasteiger partial charge in [-0.15, -0.1) is 11.3 Å². The predicted molar refractivity (Wildman–Crippen MR) is 79.1 cm³/mol. The molecule has 0 saturated carbocycles. The van der Waals surface area contributed by atoms with Crippen molar-refractivity contribution in [3.63, 3.8) is 0 Å². The van der Waals surface area contributed by atoms with Crippen molar-refractivity contribution in [2.45, 2.75) is 13.5 Å². The third kappa shape index (κ3) is 3.02. The number of thiazole rings is 1. The van der Waals surface area contributed by atoms with E-state index in [0.29, 0.717) is 10.7 Å². The monoisotopic (exact) mass is 278 g/mol. The molecule has 0 aliphatic heterocycles. The van der Waals surface area contributed by atoms with Crippen LogP contribution in [-0.4, -0.2) is 22.0 Å². The third-order valence-electron chi connectivity index (χ3n) is 2.51. The van der Waals surface area contributed by atoms with Gasteiger partial charge in [0.25, 0.3) is 0 Å². The van der Waals surface area contributed by atoms with E-state index in [-0.39, 0.29) is 0 Å². The predicted octanol–water partition coefficient (Wildman–Crippen LogP) is 2.12. The van der Waals surface area contributed by atoms with Crippen LogP contribution in [0.5, 0.6) is 0 Å². The highest BCUT2D eigenvalue weighted by Gasteiger charge is 2.06. The summed E-state index contributed by atoms with van der Waals surface area (Å²) >= 11 is 6.53. The number of hydrogen-bond donors (Lipinski definition) is 1. The Balaban J connectivity index is 2.09. The Morgan fingerprint density at radius 3 is 2.78 bits per heavy atom. The summed E-state index contributed by atoms with van der Waals surface area (Å²) in [7, 11) is 2.01. The minimum Gasteiger partial charge on any atom is -0.388 e. The zero-order valence-electron chi connectivity index (χ0n) is 10.3. The van der Waals surface area contributed by atoms with Gasteiger partial charge in [0.15, 0.2) is 0 Å². The van der Waals surface area contributed by atoms with E-state index in [1.165, 1.54) is 0 Å². The van der Waals surface area contributed by atoms with Crippen molar-refractivity contribution in [1.82, 2.24) is 9.97 Å². The number of hydrogen-bond acceptors (Lipinski definition) is 5. The van der Waals surface area contributed by atoms with Gasteiger partial charge in [-0.05, 0) is 19.1 Å². The first-order chi connectivity index (χ1) is 8.56. The van der Waals surface area contributed by atoms with Crippen LogP contribution >= 0.6 is 23.6 Å². The van der Waals surface area contributed by atoms with Crippen molar-refractivity contribution >= 4 is 34.2 Å². The topological polar surface area (TPSA) is 55.0 Å². The molecular weight excluding hydrogens is 264 g/mol. The lowest BCUT2D eigenvalue weighted by atomic mass is 10.3. The lowest BCUT2D eigenvalue weighted by molar-refractivity contribution is 0.886. The summed E-state index contributed by atoms with van der Waals surface area (Å²) in [5.74, 6) is 0. The lowest BCUT2D eigenvalue weighted by Gasteiger charge is -2.17. The number of aryl methyl sites for hydroxylation is 1. The molecule has 0 bridgehead atoms. The number of anilines is 1. The van der Waals surface area contributed by atoms with Gasteiger partial charge in [-0.1, -0.05) is 12.2 Å². The summed E-state index contributed by atoms with van der Waals surface area (Å²) in [5, 5.41) is 3.16. The molecule has 2 N–H and O–H groups in total. The van der Waals surface area contributed by atoms with Gasteiger partial charge < -0.3 is 10.6 Å². The van der Waals surface area contributed by atoms with E-state index < -0.39 is 0 Å². The number of nitrogens with zero attached hydrogens (tertiary/aromatic N) is 3. The van der Waals surface area contributed by atoms with Crippen LogP contribution in [0.1, 0.15) is 16.4 Å². The Morgan fingerprint density at radius 2 is 2.28 bits per heavy atom. The van der Waals surface area contributed by atoms with Crippen LogP contribution in [0.2, 0.25) is 0 Å². The maximum absolute atomic E-state index is 5.51. The van der Waals surface area contributed by atoms with Crippen molar-refractivity contribution in [3.8, 4) is 0 Å². The molecule has 2 heterocycles. The molecule has 0 amide bonds. The number of pyridine rings is 1. The Morgan fingerprint density at radius 1 is 1.50 bits per heavy atom. The van der Waals surface area contributed by atoms with E-state index >= 15 is 0 Å². The van der Waals surface area contributed by atoms with Crippen molar-refractivity contribution < 1.29 is 0 Å². The fraction of sp³-hybridized carbons (Fsp3) is 0.250. The molecule has 4 nitrogen and oxygen atoms in total. The smallest absolute Gasteiger partial charge is 0.122 e. The van der Waals surface area contributed by atoms with Crippen molar-refractivity contribution in [1.29, 1.82) is 0 Å². The Hall–Kier alpha value is -1.53. The fourth-order valence-corrected chi connectivity index (χ4v) is 2.30. The highest BCUT2D eigenvalue weighted by atomic mass is 32.1. The van der Waals surface area contributed by atoms with Gasteiger partial charge in [0.1, 0.15) is 4.99 Å². The molecule has 2 aromatic heterocycles. The van der Waals surface area contributed by atoms with E-state index in [1.807, 2.05) is 26.1 Å². The van der Waals surface area contributed by atoms with E-state index in [4.69, 9.17) is 18.0 Å². The molecule has 2 aromatic rings.